The van der Waals surface area contributed by atoms with E-state index in [9.17, 15) is 5.11 Å². The van der Waals surface area contributed by atoms with Crippen LogP contribution in [0.4, 0.5) is 0 Å². The first-order valence-electron chi connectivity index (χ1n) is 5.89. The zero-order valence-electron chi connectivity index (χ0n) is 10.5. The number of para-hydroxylation sites is 1. The van der Waals surface area contributed by atoms with E-state index in [0.29, 0.717) is 24.8 Å². The van der Waals surface area contributed by atoms with Crippen molar-refractivity contribution in [1.29, 1.82) is 0 Å². The second-order valence-corrected chi connectivity index (χ2v) is 4.38. The third-order valence-electron chi connectivity index (χ3n) is 3.25. The minimum Gasteiger partial charge on any atom is -0.504 e. The van der Waals surface area contributed by atoms with Crippen molar-refractivity contribution < 1.29 is 9.84 Å². The molecule has 0 heterocycles. The molecule has 4 nitrogen and oxygen atoms in total. The number of rotatable bonds is 6. The molecule has 1 rings (SSSR count). The van der Waals surface area contributed by atoms with E-state index in [0.717, 1.165) is 12.0 Å². The first-order chi connectivity index (χ1) is 8.13. The highest BCUT2D eigenvalue weighted by molar-refractivity contribution is 5.45. The van der Waals surface area contributed by atoms with Gasteiger partial charge in [-0.15, -0.1) is 0 Å². The summed E-state index contributed by atoms with van der Waals surface area (Å²) in [6.45, 7) is 3.24. The highest BCUT2D eigenvalue weighted by Gasteiger charge is 2.17. The van der Waals surface area contributed by atoms with Crippen LogP contribution in [0.25, 0.3) is 0 Å². The number of hydrogen-bond donors (Lipinski definition) is 3. The van der Waals surface area contributed by atoms with E-state index in [-0.39, 0.29) is 11.7 Å². The summed E-state index contributed by atoms with van der Waals surface area (Å²) < 4.78 is 5.08. The number of ether oxygens (including phenoxy) is 1. The van der Waals surface area contributed by atoms with Crippen molar-refractivity contribution in [3.8, 4) is 11.5 Å². The third kappa shape index (κ3) is 3.35. The summed E-state index contributed by atoms with van der Waals surface area (Å²) in [7, 11) is 1.55. The average Bonchev–Trinajstić information content (AvgIpc) is 2.33. The van der Waals surface area contributed by atoms with Gasteiger partial charge >= 0.3 is 0 Å². The number of nitrogens with two attached hydrogens (primary N) is 2. The van der Waals surface area contributed by atoms with Crippen molar-refractivity contribution in [2.45, 2.75) is 13.3 Å². The molecule has 5 N–H and O–H groups in total. The summed E-state index contributed by atoms with van der Waals surface area (Å²) in [6.07, 6.45) is 0.752. The largest absolute Gasteiger partial charge is 0.504 e. The van der Waals surface area contributed by atoms with Crippen molar-refractivity contribution in [3.63, 3.8) is 0 Å². The Hall–Kier alpha value is -1.26. The van der Waals surface area contributed by atoms with Crippen LogP contribution in [0.1, 0.15) is 12.5 Å². The molecule has 96 valence electrons. The minimum atomic E-state index is 0.217. The SMILES string of the molecule is COc1cccc(CC(C)C(CN)CN)c1O. The third-order valence-corrected chi connectivity index (χ3v) is 3.25. The van der Waals surface area contributed by atoms with Gasteiger partial charge in [-0.3, -0.25) is 0 Å². The van der Waals surface area contributed by atoms with Gasteiger partial charge in [-0.1, -0.05) is 19.1 Å². The molecule has 0 saturated heterocycles. The average molecular weight is 238 g/mol. The van der Waals surface area contributed by atoms with Crippen LogP contribution < -0.4 is 16.2 Å². The topological polar surface area (TPSA) is 81.5 Å². The molecule has 17 heavy (non-hydrogen) atoms. The van der Waals surface area contributed by atoms with Crippen molar-refractivity contribution in [2.75, 3.05) is 20.2 Å². The number of phenols is 1. The van der Waals surface area contributed by atoms with Gasteiger partial charge < -0.3 is 21.3 Å². The molecular formula is C13H22N2O2. The zero-order chi connectivity index (χ0) is 12.8. The van der Waals surface area contributed by atoms with E-state index >= 15 is 0 Å². The maximum absolute atomic E-state index is 9.98. The lowest BCUT2D eigenvalue weighted by molar-refractivity contribution is 0.351. The van der Waals surface area contributed by atoms with Gasteiger partial charge in [-0.2, -0.15) is 0 Å². The zero-order valence-corrected chi connectivity index (χ0v) is 10.5. The normalized spacial score (nSPS) is 12.8. The molecule has 0 radical (unpaired) electrons. The Labute approximate surface area is 103 Å². The molecule has 0 aliphatic heterocycles. The molecule has 0 fully saturated rings. The van der Waals surface area contributed by atoms with Crippen molar-refractivity contribution in [2.24, 2.45) is 23.3 Å². The number of hydrogen-bond acceptors (Lipinski definition) is 4. The highest BCUT2D eigenvalue weighted by atomic mass is 16.5. The van der Waals surface area contributed by atoms with Crippen LogP contribution in [0, 0.1) is 11.8 Å². The molecule has 0 aliphatic carbocycles. The Morgan fingerprint density at radius 3 is 2.47 bits per heavy atom. The van der Waals surface area contributed by atoms with Crippen LogP contribution in [0.2, 0.25) is 0 Å². The smallest absolute Gasteiger partial charge is 0.160 e. The second-order valence-electron chi connectivity index (χ2n) is 4.38. The van der Waals surface area contributed by atoms with Gasteiger partial charge in [0.25, 0.3) is 0 Å². The van der Waals surface area contributed by atoms with E-state index in [1.807, 2.05) is 12.1 Å². The molecule has 0 bridgehead atoms. The van der Waals surface area contributed by atoms with Crippen molar-refractivity contribution in [1.82, 2.24) is 0 Å². The van der Waals surface area contributed by atoms with Gasteiger partial charge in [0.05, 0.1) is 7.11 Å². The molecule has 0 spiro atoms. The Balaban J connectivity index is 2.81. The van der Waals surface area contributed by atoms with Crippen LogP contribution >= 0.6 is 0 Å². The lowest BCUT2D eigenvalue weighted by Gasteiger charge is -2.21. The number of phenolic OH excluding ortho intramolecular Hbond substituents is 1. The first-order valence-corrected chi connectivity index (χ1v) is 5.89. The number of methoxy groups -OCH3 is 1. The molecule has 1 unspecified atom stereocenters. The van der Waals surface area contributed by atoms with Crippen LogP contribution in [-0.4, -0.2) is 25.3 Å². The van der Waals surface area contributed by atoms with Gasteiger partial charge in [0.15, 0.2) is 11.5 Å². The summed E-state index contributed by atoms with van der Waals surface area (Å²) >= 11 is 0. The van der Waals surface area contributed by atoms with Gasteiger partial charge in [0, 0.05) is 0 Å². The Morgan fingerprint density at radius 2 is 1.94 bits per heavy atom. The molecular weight excluding hydrogens is 216 g/mol. The second kappa shape index (κ2) is 6.47. The Kier molecular flexibility index (Phi) is 5.25. The summed E-state index contributed by atoms with van der Waals surface area (Å²) in [5, 5.41) is 9.98. The van der Waals surface area contributed by atoms with E-state index < -0.39 is 0 Å². The monoisotopic (exact) mass is 238 g/mol. The number of aromatic hydroxyl groups is 1. The molecule has 1 aromatic carbocycles. The van der Waals surface area contributed by atoms with Gasteiger partial charge in [0.1, 0.15) is 0 Å². The van der Waals surface area contributed by atoms with Gasteiger partial charge in [-0.05, 0) is 43.0 Å². The Bertz CT molecular complexity index is 351. The fraction of sp³-hybridized carbons (Fsp3) is 0.538. The summed E-state index contributed by atoms with van der Waals surface area (Å²) in [5.41, 5.74) is 12.2. The molecule has 0 amide bonds. The lowest BCUT2D eigenvalue weighted by atomic mass is 9.88. The van der Waals surface area contributed by atoms with Crippen LogP contribution in [-0.2, 0) is 6.42 Å². The van der Waals surface area contributed by atoms with Crippen molar-refractivity contribution in [3.05, 3.63) is 23.8 Å². The van der Waals surface area contributed by atoms with Gasteiger partial charge in [0.2, 0.25) is 0 Å². The quantitative estimate of drug-likeness (QED) is 0.693. The molecule has 1 atom stereocenters. The lowest BCUT2D eigenvalue weighted by Crippen LogP contribution is -2.30. The fourth-order valence-electron chi connectivity index (χ4n) is 1.97. The van der Waals surface area contributed by atoms with E-state index in [1.54, 1.807) is 13.2 Å². The van der Waals surface area contributed by atoms with E-state index in [4.69, 9.17) is 16.2 Å². The maximum Gasteiger partial charge on any atom is 0.160 e. The predicted molar refractivity (Wildman–Crippen MR) is 69.1 cm³/mol. The summed E-state index contributed by atoms with van der Waals surface area (Å²) in [6, 6.07) is 5.52. The molecule has 0 aliphatic rings. The van der Waals surface area contributed by atoms with E-state index in [1.165, 1.54) is 0 Å². The molecule has 0 saturated carbocycles. The summed E-state index contributed by atoms with van der Waals surface area (Å²) in [5.74, 6) is 1.34. The highest BCUT2D eigenvalue weighted by Crippen LogP contribution is 2.31. The minimum absolute atomic E-state index is 0.217. The molecule has 0 aromatic heterocycles. The van der Waals surface area contributed by atoms with Crippen LogP contribution in [0.3, 0.4) is 0 Å². The first kappa shape index (κ1) is 13.8. The van der Waals surface area contributed by atoms with Crippen molar-refractivity contribution >= 4 is 0 Å². The molecule has 1 aromatic rings. The van der Waals surface area contributed by atoms with E-state index in [2.05, 4.69) is 6.92 Å². The standard InChI is InChI=1S/C13H22N2O2/c1-9(11(7-14)8-15)6-10-4-3-5-12(17-2)13(10)16/h3-5,9,11,16H,6-8,14-15H2,1-2H3. The number of benzene rings is 1. The summed E-state index contributed by atoms with van der Waals surface area (Å²) in [4.78, 5) is 0. The molecule has 4 heteroatoms. The van der Waals surface area contributed by atoms with Gasteiger partial charge in [-0.25, -0.2) is 0 Å². The predicted octanol–water partition coefficient (Wildman–Crippen LogP) is 1.11. The maximum atomic E-state index is 9.98. The van der Waals surface area contributed by atoms with Crippen LogP contribution in [0.15, 0.2) is 18.2 Å². The Morgan fingerprint density at radius 1 is 1.29 bits per heavy atom. The fourth-order valence-corrected chi connectivity index (χ4v) is 1.97. The van der Waals surface area contributed by atoms with Crippen LogP contribution in [0.5, 0.6) is 11.5 Å².